The Morgan fingerprint density at radius 3 is 2.27 bits per heavy atom. The Kier molecular flexibility index (Phi) is 4.56. The Hall–Kier alpha value is -2.16. The molecule has 0 amide bonds. The Morgan fingerprint density at radius 1 is 1.00 bits per heavy atom. The molecule has 1 fully saturated rings. The van der Waals surface area contributed by atoms with E-state index in [1.807, 2.05) is 0 Å². The van der Waals surface area contributed by atoms with Crippen LogP contribution in [-0.2, 0) is 28.6 Å². The largest absolute Gasteiger partial charge is 0.216 e. The van der Waals surface area contributed by atoms with Gasteiger partial charge in [-0.15, -0.1) is 0 Å². The van der Waals surface area contributed by atoms with Crippen LogP contribution < -0.4 is 4.72 Å². The first-order valence-corrected chi connectivity index (χ1v) is 10.7. The van der Waals surface area contributed by atoms with Crippen LogP contribution in [0.2, 0.25) is 0 Å². The van der Waals surface area contributed by atoms with Crippen molar-refractivity contribution in [3.05, 3.63) is 70.8 Å². The molecule has 2 unspecified atom stereocenters. The topological polar surface area (TPSA) is 70.0 Å². The minimum absolute atomic E-state index is 0.00606. The fourth-order valence-corrected chi connectivity index (χ4v) is 6.04. The number of nitrogens with one attached hydrogen (secondary N) is 1. The predicted octanol–water partition coefficient (Wildman–Crippen LogP) is 3.17. The Bertz CT molecular complexity index is 929. The zero-order valence-corrected chi connectivity index (χ0v) is 15.4. The number of nitriles is 1. The number of nitrogens with zero attached hydrogens (tertiary/aromatic N) is 1. The highest BCUT2D eigenvalue weighted by atomic mass is 32.2. The van der Waals surface area contributed by atoms with Gasteiger partial charge in [-0.25, -0.2) is 13.1 Å². The molecule has 2 aromatic rings. The van der Waals surface area contributed by atoms with Crippen molar-refractivity contribution in [3.63, 3.8) is 0 Å². The fraction of sp³-hybridized carbons (Fsp3) is 0.381. The van der Waals surface area contributed by atoms with Crippen molar-refractivity contribution >= 4 is 10.0 Å². The average Bonchev–Trinajstić information content (AvgIpc) is 2.88. The second kappa shape index (κ2) is 6.86. The van der Waals surface area contributed by atoms with Gasteiger partial charge in [-0.3, -0.25) is 0 Å². The molecule has 0 spiro atoms. The molecule has 2 aromatic carbocycles. The lowest BCUT2D eigenvalue weighted by Gasteiger charge is -2.23. The van der Waals surface area contributed by atoms with E-state index in [1.54, 1.807) is 24.3 Å². The van der Waals surface area contributed by atoms with E-state index in [1.165, 1.54) is 11.1 Å². The lowest BCUT2D eigenvalue weighted by molar-refractivity contribution is 0.386. The van der Waals surface area contributed by atoms with Gasteiger partial charge in [0.2, 0.25) is 10.0 Å². The highest BCUT2D eigenvalue weighted by Crippen LogP contribution is 2.40. The Balaban J connectivity index is 1.52. The summed E-state index contributed by atoms with van der Waals surface area (Å²) in [4.78, 5) is 0. The van der Waals surface area contributed by atoms with Crippen molar-refractivity contribution in [2.45, 2.75) is 37.5 Å². The van der Waals surface area contributed by atoms with E-state index in [0.29, 0.717) is 23.0 Å². The van der Waals surface area contributed by atoms with Gasteiger partial charge < -0.3 is 0 Å². The van der Waals surface area contributed by atoms with Gasteiger partial charge in [0.1, 0.15) is 0 Å². The summed E-state index contributed by atoms with van der Waals surface area (Å²) in [6.45, 7) is 0. The molecule has 2 bridgehead atoms. The van der Waals surface area contributed by atoms with Gasteiger partial charge in [0, 0.05) is 6.04 Å². The van der Waals surface area contributed by atoms with E-state index in [-0.39, 0.29) is 11.8 Å². The molecule has 2 aliphatic rings. The Morgan fingerprint density at radius 2 is 1.65 bits per heavy atom. The summed E-state index contributed by atoms with van der Waals surface area (Å²) in [5, 5.41) is 9.00. The maximum absolute atomic E-state index is 12.8. The van der Waals surface area contributed by atoms with Gasteiger partial charge >= 0.3 is 0 Å². The van der Waals surface area contributed by atoms with Gasteiger partial charge in [-0.2, -0.15) is 5.26 Å². The third-order valence-corrected chi connectivity index (χ3v) is 7.08. The normalized spacial score (nSPS) is 24.5. The smallest absolute Gasteiger partial charge is 0.212 e. The zero-order valence-electron chi connectivity index (χ0n) is 14.6. The van der Waals surface area contributed by atoms with Crippen LogP contribution >= 0.6 is 0 Å². The molecule has 2 aliphatic carbocycles. The van der Waals surface area contributed by atoms with Crippen LogP contribution in [-0.4, -0.2) is 14.5 Å². The first-order chi connectivity index (χ1) is 12.5. The summed E-state index contributed by atoms with van der Waals surface area (Å²) in [6, 6.07) is 17.4. The summed E-state index contributed by atoms with van der Waals surface area (Å²) in [5.74, 6) is 0.651. The van der Waals surface area contributed by atoms with Crippen molar-refractivity contribution in [1.29, 1.82) is 5.26 Å². The minimum atomic E-state index is -3.45. The van der Waals surface area contributed by atoms with Gasteiger partial charge in [0.05, 0.1) is 17.4 Å². The second-order valence-electron chi connectivity index (χ2n) is 7.49. The molecule has 0 heterocycles. The van der Waals surface area contributed by atoms with Crippen LogP contribution in [0.5, 0.6) is 0 Å². The van der Waals surface area contributed by atoms with Crippen LogP contribution in [0.4, 0.5) is 0 Å². The van der Waals surface area contributed by atoms with Crippen LogP contribution in [0.3, 0.4) is 0 Å². The lowest BCUT2D eigenvalue weighted by atomic mass is 9.94. The molecule has 0 saturated heterocycles. The summed E-state index contributed by atoms with van der Waals surface area (Å²) < 4.78 is 28.6. The van der Waals surface area contributed by atoms with Gasteiger partial charge in [-0.1, -0.05) is 36.4 Å². The molecular formula is C21H22N2O2S. The summed E-state index contributed by atoms with van der Waals surface area (Å²) in [5.41, 5.74) is 3.87. The first kappa shape index (κ1) is 17.3. The zero-order chi connectivity index (χ0) is 18.1. The van der Waals surface area contributed by atoms with Crippen LogP contribution in [0, 0.1) is 23.2 Å². The molecule has 26 heavy (non-hydrogen) atoms. The molecule has 0 aromatic heterocycles. The monoisotopic (exact) mass is 366 g/mol. The van der Waals surface area contributed by atoms with E-state index in [2.05, 4.69) is 35.1 Å². The first-order valence-electron chi connectivity index (χ1n) is 9.10. The van der Waals surface area contributed by atoms with Crippen LogP contribution in [0.1, 0.15) is 35.1 Å². The molecule has 1 N–H and O–H groups in total. The summed E-state index contributed by atoms with van der Waals surface area (Å²) in [7, 11) is -3.45. The number of sulfonamides is 1. The molecule has 0 aliphatic heterocycles. The van der Waals surface area contributed by atoms with Crippen molar-refractivity contribution in [1.82, 2.24) is 4.72 Å². The molecule has 2 atom stereocenters. The standard InChI is InChI=1S/C21H22N2O2S/c22-13-15-4-3-5-16(10-15)14-26(24,25)23-21-19-8-9-20(21)12-18-7-2-1-6-17(18)11-19/h1-7,10,19-21,23H,8-9,11-12,14H2. The van der Waals surface area contributed by atoms with Crippen molar-refractivity contribution in [2.75, 3.05) is 0 Å². The van der Waals surface area contributed by atoms with Gasteiger partial charge in [-0.05, 0) is 66.3 Å². The number of benzene rings is 2. The molecule has 4 nitrogen and oxygen atoms in total. The van der Waals surface area contributed by atoms with Crippen LogP contribution in [0.15, 0.2) is 48.5 Å². The van der Waals surface area contributed by atoms with E-state index in [9.17, 15) is 8.42 Å². The van der Waals surface area contributed by atoms with Crippen molar-refractivity contribution < 1.29 is 8.42 Å². The van der Waals surface area contributed by atoms with Crippen molar-refractivity contribution in [2.24, 2.45) is 11.8 Å². The van der Waals surface area contributed by atoms with E-state index in [0.717, 1.165) is 25.7 Å². The minimum Gasteiger partial charge on any atom is -0.212 e. The fourth-order valence-electron chi connectivity index (χ4n) is 4.54. The molecule has 134 valence electrons. The predicted molar refractivity (Wildman–Crippen MR) is 101 cm³/mol. The molecule has 4 rings (SSSR count). The maximum Gasteiger partial charge on any atom is 0.216 e. The van der Waals surface area contributed by atoms with E-state index >= 15 is 0 Å². The van der Waals surface area contributed by atoms with Gasteiger partial charge in [0.25, 0.3) is 0 Å². The number of hydrogen-bond acceptors (Lipinski definition) is 3. The maximum atomic E-state index is 12.8. The summed E-state index contributed by atoms with van der Waals surface area (Å²) >= 11 is 0. The summed E-state index contributed by atoms with van der Waals surface area (Å²) in [6.07, 6.45) is 4.06. The van der Waals surface area contributed by atoms with Crippen molar-refractivity contribution in [3.8, 4) is 6.07 Å². The second-order valence-corrected chi connectivity index (χ2v) is 9.24. The van der Waals surface area contributed by atoms with E-state index < -0.39 is 10.0 Å². The third kappa shape index (κ3) is 3.53. The Labute approximate surface area is 154 Å². The molecule has 1 saturated carbocycles. The SMILES string of the molecule is N#Cc1cccc(CS(=O)(=O)NC2C3CCC2Cc2ccccc2C3)c1. The number of fused-ring (bicyclic) bond motifs is 3. The average molecular weight is 366 g/mol. The number of hydrogen-bond donors (Lipinski definition) is 1. The molecule has 0 radical (unpaired) electrons. The highest BCUT2D eigenvalue weighted by Gasteiger charge is 2.40. The molecular weight excluding hydrogens is 344 g/mol. The lowest BCUT2D eigenvalue weighted by Crippen LogP contribution is -2.42. The highest BCUT2D eigenvalue weighted by molar-refractivity contribution is 7.88. The van der Waals surface area contributed by atoms with Crippen LogP contribution in [0.25, 0.3) is 0 Å². The van der Waals surface area contributed by atoms with E-state index in [4.69, 9.17) is 5.26 Å². The third-order valence-electron chi connectivity index (χ3n) is 5.73. The van der Waals surface area contributed by atoms with Gasteiger partial charge in [0.15, 0.2) is 0 Å². The molecule has 5 heteroatoms. The quantitative estimate of drug-likeness (QED) is 0.903. The number of rotatable bonds is 4.